The molecular weight excluding hydrogens is 249 g/mol. The second kappa shape index (κ2) is 5.51. The van der Waals surface area contributed by atoms with Crippen molar-refractivity contribution in [3.63, 3.8) is 0 Å². The van der Waals surface area contributed by atoms with Crippen molar-refractivity contribution in [3.05, 3.63) is 58.2 Å². The van der Waals surface area contributed by atoms with Gasteiger partial charge in [0.25, 0.3) is 5.69 Å². The van der Waals surface area contributed by atoms with Crippen LogP contribution in [-0.4, -0.2) is 9.49 Å². The Morgan fingerprint density at radius 2 is 2.21 bits per heavy atom. The van der Waals surface area contributed by atoms with Crippen molar-refractivity contribution in [1.29, 1.82) is 0 Å². The van der Waals surface area contributed by atoms with Gasteiger partial charge >= 0.3 is 0 Å². The van der Waals surface area contributed by atoms with E-state index in [1.54, 1.807) is 0 Å². The van der Waals surface area contributed by atoms with Crippen LogP contribution in [0.25, 0.3) is 0 Å². The maximum atomic E-state index is 13.2. The number of rotatable bonds is 5. The summed E-state index contributed by atoms with van der Waals surface area (Å²) in [6.07, 6.45) is 1.95. The van der Waals surface area contributed by atoms with Gasteiger partial charge in [0.2, 0.25) is 0 Å². The molecule has 0 bridgehead atoms. The number of aromatic nitrogens is 1. The summed E-state index contributed by atoms with van der Waals surface area (Å²) in [7, 11) is 0. The third-order valence-corrected chi connectivity index (χ3v) is 2.83. The topological polar surface area (TPSA) is 60.1 Å². The number of aryl methyl sites for hydroxylation is 1. The molecule has 0 spiro atoms. The van der Waals surface area contributed by atoms with Gasteiger partial charge in [0.15, 0.2) is 0 Å². The largest absolute Gasteiger partial charge is 0.379 e. The van der Waals surface area contributed by atoms with Crippen molar-refractivity contribution >= 4 is 11.4 Å². The van der Waals surface area contributed by atoms with E-state index >= 15 is 0 Å². The molecule has 5 nitrogen and oxygen atoms in total. The van der Waals surface area contributed by atoms with Crippen LogP contribution in [0.1, 0.15) is 12.6 Å². The van der Waals surface area contributed by atoms with Crippen molar-refractivity contribution in [3.8, 4) is 0 Å². The SMILES string of the molecule is CCn1cccc1CNc1cc(F)cc([N+](=O)[O-])c1. The van der Waals surface area contributed by atoms with Gasteiger partial charge in [-0.15, -0.1) is 0 Å². The fraction of sp³-hybridized carbons (Fsp3) is 0.231. The number of nitrogens with one attached hydrogen (secondary N) is 1. The lowest BCUT2D eigenvalue weighted by atomic mass is 10.2. The molecule has 0 saturated carbocycles. The molecule has 1 heterocycles. The summed E-state index contributed by atoms with van der Waals surface area (Å²) in [5.41, 5.74) is 1.18. The van der Waals surface area contributed by atoms with E-state index in [4.69, 9.17) is 0 Å². The first-order valence-electron chi connectivity index (χ1n) is 5.93. The maximum absolute atomic E-state index is 13.2. The zero-order valence-corrected chi connectivity index (χ0v) is 10.5. The summed E-state index contributed by atoms with van der Waals surface area (Å²) in [6, 6.07) is 7.34. The highest BCUT2D eigenvalue weighted by Crippen LogP contribution is 2.20. The molecule has 100 valence electrons. The Labute approximate surface area is 109 Å². The van der Waals surface area contributed by atoms with Gasteiger partial charge in [0.1, 0.15) is 5.82 Å². The smallest absolute Gasteiger partial charge is 0.274 e. The Balaban J connectivity index is 2.13. The van der Waals surface area contributed by atoms with Gasteiger partial charge in [0.05, 0.1) is 17.5 Å². The predicted octanol–water partition coefficient (Wildman–Crippen LogP) is 3.17. The van der Waals surface area contributed by atoms with Gasteiger partial charge in [-0.3, -0.25) is 10.1 Å². The summed E-state index contributed by atoms with van der Waals surface area (Å²) in [6.45, 7) is 3.35. The fourth-order valence-electron chi connectivity index (χ4n) is 1.89. The summed E-state index contributed by atoms with van der Waals surface area (Å²) in [5.74, 6) is -0.623. The zero-order chi connectivity index (χ0) is 13.8. The van der Waals surface area contributed by atoms with Gasteiger partial charge in [-0.2, -0.15) is 0 Å². The fourth-order valence-corrected chi connectivity index (χ4v) is 1.89. The number of nitrogens with zero attached hydrogens (tertiary/aromatic N) is 2. The van der Waals surface area contributed by atoms with Crippen molar-refractivity contribution in [2.75, 3.05) is 5.32 Å². The highest BCUT2D eigenvalue weighted by atomic mass is 19.1. The molecule has 19 heavy (non-hydrogen) atoms. The van der Waals surface area contributed by atoms with Crippen LogP contribution >= 0.6 is 0 Å². The Morgan fingerprint density at radius 3 is 2.89 bits per heavy atom. The molecule has 0 aliphatic carbocycles. The molecule has 0 unspecified atom stereocenters. The van der Waals surface area contributed by atoms with Gasteiger partial charge in [-0.25, -0.2) is 4.39 Å². The molecule has 1 aromatic carbocycles. The van der Waals surface area contributed by atoms with Crippen LogP contribution in [0.2, 0.25) is 0 Å². The second-order valence-corrected chi connectivity index (χ2v) is 4.09. The summed E-state index contributed by atoms with van der Waals surface area (Å²) in [4.78, 5) is 10.0. The lowest BCUT2D eigenvalue weighted by molar-refractivity contribution is -0.385. The minimum absolute atomic E-state index is 0.256. The van der Waals surface area contributed by atoms with E-state index in [1.165, 1.54) is 12.1 Å². The standard InChI is InChI=1S/C13H14FN3O2/c1-2-16-5-3-4-12(16)9-15-11-6-10(14)7-13(8-11)17(18)19/h3-8,15H,2,9H2,1H3. The molecule has 6 heteroatoms. The van der Waals surface area contributed by atoms with E-state index < -0.39 is 10.7 Å². The Morgan fingerprint density at radius 1 is 1.42 bits per heavy atom. The highest BCUT2D eigenvalue weighted by Gasteiger charge is 2.09. The number of hydrogen-bond donors (Lipinski definition) is 1. The van der Waals surface area contributed by atoms with E-state index in [0.29, 0.717) is 12.2 Å². The molecule has 2 aromatic rings. The molecule has 2 rings (SSSR count). The third kappa shape index (κ3) is 3.09. The van der Waals surface area contributed by atoms with Crippen LogP contribution < -0.4 is 5.32 Å². The van der Waals surface area contributed by atoms with E-state index in [-0.39, 0.29) is 5.69 Å². The first kappa shape index (κ1) is 13.1. The summed E-state index contributed by atoms with van der Waals surface area (Å²) >= 11 is 0. The van der Waals surface area contributed by atoms with E-state index in [2.05, 4.69) is 5.32 Å². The number of halogens is 1. The number of nitro benzene ring substituents is 1. The zero-order valence-electron chi connectivity index (χ0n) is 10.5. The molecule has 0 aliphatic heterocycles. The number of nitro groups is 1. The minimum Gasteiger partial charge on any atom is -0.379 e. The Bertz CT molecular complexity index is 595. The molecule has 0 amide bonds. The lowest BCUT2D eigenvalue weighted by Crippen LogP contribution is -2.06. The van der Waals surface area contributed by atoms with Crippen molar-refractivity contribution in [2.24, 2.45) is 0 Å². The van der Waals surface area contributed by atoms with Crippen LogP contribution in [0.3, 0.4) is 0 Å². The van der Waals surface area contributed by atoms with E-state index in [9.17, 15) is 14.5 Å². The number of benzene rings is 1. The van der Waals surface area contributed by atoms with Crippen molar-refractivity contribution in [1.82, 2.24) is 4.57 Å². The monoisotopic (exact) mass is 263 g/mol. The first-order chi connectivity index (χ1) is 9.10. The lowest BCUT2D eigenvalue weighted by Gasteiger charge is -2.09. The number of anilines is 1. The average Bonchev–Trinajstić information content (AvgIpc) is 2.83. The minimum atomic E-state index is -0.623. The number of hydrogen-bond acceptors (Lipinski definition) is 3. The maximum Gasteiger partial charge on any atom is 0.274 e. The first-order valence-corrected chi connectivity index (χ1v) is 5.93. The quantitative estimate of drug-likeness (QED) is 0.665. The summed E-state index contributed by atoms with van der Waals surface area (Å²) < 4.78 is 15.3. The average molecular weight is 263 g/mol. The molecule has 1 aromatic heterocycles. The molecule has 0 radical (unpaired) electrons. The predicted molar refractivity (Wildman–Crippen MR) is 70.5 cm³/mol. The van der Waals surface area contributed by atoms with Gasteiger partial charge in [-0.05, 0) is 25.1 Å². The van der Waals surface area contributed by atoms with Crippen molar-refractivity contribution < 1.29 is 9.31 Å². The van der Waals surface area contributed by atoms with E-state index in [1.807, 2.05) is 29.8 Å². The molecule has 0 saturated heterocycles. The van der Waals surface area contributed by atoms with Crippen molar-refractivity contribution in [2.45, 2.75) is 20.0 Å². The molecule has 1 N–H and O–H groups in total. The highest BCUT2D eigenvalue weighted by molar-refractivity contribution is 5.51. The van der Waals surface area contributed by atoms with Gasteiger partial charge in [0, 0.05) is 30.2 Å². The van der Waals surface area contributed by atoms with Crippen LogP contribution in [0.5, 0.6) is 0 Å². The second-order valence-electron chi connectivity index (χ2n) is 4.09. The Hall–Kier alpha value is -2.37. The molecular formula is C13H14FN3O2. The van der Waals surface area contributed by atoms with Crippen LogP contribution in [0.15, 0.2) is 36.5 Å². The molecule has 0 fully saturated rings. The third-order valence-electron chi connectivity index (χ3n) is 2.83. The van der Waals surface area contributed by atoms with Gasteiger partial charge in [-0.1, -0.05) is 0 Å². The summed E-state index contributed by atoms with van der Waals surface area (Å²) in [5, 5.41) is 13.6. The normalized spacial score (nSPS) is 10.4. The Kier molecular flexibility index (Phi) is 3.79. The van der Waals surface area contributed by atoms with Crippen LogP contribution in [0, 0.1) is 15.9 Å². The van der Waals surface area contributed by atoms with Gasteiger partial charge < -0.3 is 9.88 Å². The number of non-ortho nitro benzene ring substituents is 1. The van der Waals surface area contributed by atoms with E-state index in [0.717, 1.165) is 18.3 Å². The molecule has 0 atom stereocenters. The van der Waals surface area contributed by atoms with Crippen LogP contribution in [0.4, 0.5) is 15.8 Å². The van der Waals surface area contributed by atoms with Crippen LogP contribution in [-0.2, 0) is 13.1 Å². The molecule has 0 aliphatic rings.